The summed E-state index contributed by atoms with van der Waals surface area (Å²) in [6.07, 6.45) is 5.86. The van der Waals surface area contributed by atoms with Crippen molar-refractivity contribution in [3.63, 3.8) is 0 Å². The maximum absolute atomic E-state index is 13.8. The number of carbonyl (C=O) groups excluding carboxylic acids is 1. The molecule has 4 rings (SSSR count). The number of amides is 1. The molecule has 1 aliphatic carbocycles. The van der Waals surface area contributed by atoms with E-state index in [2.05, 4.69) is 10.3 Å². The summed E-state index contributed by atoms with van der Waals surface area (Å²) >= 11 is 0. The van der Waals surface area contributed by atoms with Crippen LogP contribution in [-0.2, 0) is 4.79 Å². The minimum Gasteiger partial charge on any atom is -0.326 e. The standard InChI is InChI=1S/C25H27FN2O/c1-16-3-10-21(11-4-16)28-25(29)17(2)18-5-7-19(8-6-18)22-13-14-27-24-12-9-20(26)15-23(22)24/h3-4,9-15,17-19H,5-8H2,1-2H3,(H,28,29)/t17-,18?,19?/m1/s1. The second-order valence-electron chi connectivity index (χ2n) is 8.32. The van der Waals surface area contributed by atoms with E-state index in [0.717, 1.165) is 42.3 Å². The fraction of sp³-hybridized carbons (Fsp3) is 0.360. The topological polar surface area (TPSA) is 42.0 Å². The molecule has 1 N–H and O–H groups in total. The van der Waals surface area contributed by atoms with Gasteiger partial charge in [-0.1, -0.05) is 24.6 Å². The van der Waals surface area contributed by atoms with E-state index in [9.17, 15) is 9.18 Å². The van der Waals surface area contributed by atoms with E-state index in [1.165, 1.54) is 17.2 Å². The van der Waals surface area contributed by atoms with Crippen LogP contribution >= 0.6 is 0 Å². The molecule has 0 aliphatic heterocycles. The Kier molecular flexibility index (Phi) is 5.61. The number of halogens is 1. The highest BCUT2D eigenvalue weighted by molar-refractivity contribution is 5.92. The molecule has 1 aromatic heterocycles. The molecule has 29 heavy (non-hydrogen) atoms. The van der Waals surface area contributed by atoms with E-state index in [4.69, 9.17) is 0 Å². The SMILES string of the molecule is Cc1ccc(NC(=O)[C@H](C)C2CCC(c3ccnc4ccc(F)cc34)CC2)cc1. The van der Waals surface area contributed by atoms with E-state index in [1.54, 1.807) is 12.1 Å². The van der Waals surface area contributed by atoms with E-state index >= 15 is 0 Å². The maximum atomic E-state index is 13.8. The number of nitrogens with zero attached hydrogens (tertiary/aromatic N) is 1. The zero-order chi connectivity index (χ0) is 20.4. The molecule has 0 unspecified atom stereocenters. The Labute approximate surface area is 171 Å². The summed E-state index contributed by atoms with van der Waals surface area (Å²) in [7, 11) is 0. The van der Waals surface area contributed by atoms with Crippen LogP contribution in [-0.4, -0.2) is 10.9 Å². The number of rotatable bonds is 4. The van der Waals surface area contributed by atoms with E-state index < -0.39 is 0 Å². The molecule has 1 heterocycles. The number of aryl methyl sites for hydroxylation is 1. The fourth-order valence-corrected chi connectivity index (χ4v) is 4.53. The minimum atomic E-state index is -0.221. The number of hydrogen-bond acceptors (Lipinski definition) is 2. The third-order valence-corrected chi connectivity index (χ3v) is 6.39. The van der Waals surface area contributed by atoms with Crippen molar-refractivity contribution in [2.24, 2.45) is 11.8 Å². The Bertz CT molecular complexity index is 1010. The van der Waals surface area contributed by atoms with Gasteiger partial charge in [0.15, 0.2) is 0 Å². The van der Waals surface area contributed by atoms with Crippen molar-refractivity contribution in [1.82, 2.24) is 4.98 Å². The van der Waals surface area contributed by atoms with Crippen LogP contribution in [0, 0.1) is 24.6 Å². The van der Waals surface area contributed by atoms with E-state index in [0.29, 0.717) is 11.8 Å². The van der Waals surface area contributed by atoms with Gasteiger partial charge in [0.2, 0.25) is 5.91 Å². The average Bonchev–Trinajstić information content (AvgIpc) is 2.74. The summed E-state index contributed by atoms with van der Waals surface area (Å²) in [6.45, 7) is 4.07. The van der Waals surface area contributed by atoms with Crippen molar-refractivity contribution in [2.75, 3.05) is 5.32 Å². The van der Waals surface area contributed by atoms with Gasteiger partial charge in [-0.3, -0.25) is 9.78 Å². The Balaban J connectivity index is 1.41. The highest BCUT2D eigenvalue weighted by Gasteiger charge is 2.30. The van der Waals surface area contributed by atoms with Crippen LogP contribution in [0.5, 0.6) is 0 Å². The lowest BCUT2D eigenvalue weighted by atomic mass is 9.73. The molecule has 1 atom stereocenters. The zero-order valence-electron chi connectivity index (χ0n) is 17.0. The lowest BCUT2D eigenvalue weighted by Gasteiger charge is -2.32. The molecule has 3 aromatic rings. The Morgan fingerprint density at radius 2 is 1.79 bits per heavy atom. The van der Waals surface area contributed by atoms with Gasteiger partial charge < -0.3 is 5.32 Å². The minimum absolute atomic E-state index is 0.0242. The molecule has 1 amide bonds. The molecule has 0 bridgehead atoms. The first-order valence-corrected chi connectivity index (χ1v) is 10.4. The Morgan fingerprint density at radius 3 is 2.52 bits per heavy atom. The van der Waals surface area contributed by atoms with Crippen LogP contribution in [0.15, 0.2) is 54.7 Å². The third-order valence-electron chi connectivity index (χ3n) is 6.39. The quantitative estimate of drug-likeness (QED) is 0.574. The first kappa shape index (κ1) is 19.6. The Hall–Kier alpha value is -2.75. The van der Waals surface area contributed by atoms with Crippen LogP contribution in [0.4, 0.5) is 10.1 Å². The van der Waals surface area contributed by atoms with Crippen molar-refractivity contribution >= 4 is 22.5 Å². The normalized spacial score (nSPS) is 20.4. The van der Waals surface area contributed by atoms with Crippen LogP contribution in [0.25, 0.3) is 10.9 Å². The highest BCUT2D eigenvalue weighted by Crippen LogP contribution is 2.41. The lowest BCUT2D eigenvalue weighted by molar-refractivity contribution is -0.121. The van der Waals surface area contributed by atoms with Gasteiger partial charge in [0, 0.05) is 23.2 Å². The van der Waals surface area contributed by atoms with Gasteiger partial charge in [0.05, 0.1) is 5.52 Å². The molecule has 0 radical (unpaired) electrons. The van der Waals surface area contributed by atoms with Crippen molar-refractivity contribution in [3.8, 4) is 0 Å². The Morgan fingerprint density at radius 1 is 1.07 bits per heavy atom. The number of pyridine rings is 1. The van der Waals surface area contributed by atoms with Gasteiger partial charge in [-0.2, -0.15) is 0 Å². The second kappa shape index (κ2) is 8.32. The summed E-state index contributed by atoms with van der Waals surface area (Å²) < 4.78 is 13.8. The number of anilines is 1. The fourth-order valence-electron chi connectivity index (χ4n) is 4.53. The van der Waals surface area contributed by atoms with Gasteiger partial charge in [-0.05, 0) is 86.4 Å². The van der Waals surface area contributed by atoms with Crippen LogP contribution in [0.2, 0.25) is 0 Å². The molecule has 1 aliphatic rings. The largest absolute Gasteiger partial charge is 0.326 e. The van der Waals surface area contributed by atoms with Crippen LogP contribution in [0.3, 0.4) is 0 Å². The number of carbonyl (C=O) groups is 1. The average molecular weight is 391 g/mol. The van der Waals surface area contributed by atoms with Crippen molar-refractivity contribution in [3.05, 3.63) is 71.7 Å². The maximum Gasteiger partial charge on any atom is 0.227 e. The second-order valence-corrected chi connectivity index (χ2v) is 8.32. The summed E-state index contributed by atoms with van der Waals surface area (Å²) in [5, 5.41) is 3.97. The first-order valence-electron chi connectivity index (χ1n) is 10.4. The lowest BCUT2D eigenvalue weighted by Crippen LogP contribution is -2.29. The van der Waals surface area contributed by atoms with Crippen LogP contribution < -0.4 is 5.32 Å². The van der Waals surface area contributed by atoms with Crippen molar-refractivity contribution in [2.45, 2.75) is 45.4 Å². The number of nitrogens with one attached hydrogen (secondary N) is 1. The summed E-state index contributed by atoms with van der Waals surface area (Å²) in [5.74, 6) is 0.617. The summed E-state index contributed by atoms with van der Waals surface area (Å²) in [4.78, 5) is 17.1. The molecule has 0 saturated heterocycles. The number of aromatic nitrogens is 1. The van der Waals surface area contributed by atoms with Gasteiger partial charge >= 0.3 is 0 Å². The van der Waals surface area contributed by atoms with Crippen LogP contribution in [0.1, 0.15) is 49.7 Å². The molecule has 0 spiro atoms. The molecule has 150 valence electrons. The van der Waals surface area contributed by atoms with Crippen molar-refractivity contribution < 1.29 is 9.18 Å². The summed E-state index contributed by atoms with van der Waals surface area (Å²) in [6, 6.07) is 14.7. The molecule has 3 nitrogen and oxygen atoms in total. The van der Waals surface area contributed by atoms with E-state index in [1.807, 2.05) is 50.4 Å². The molecule has 2 aromatic carbocycles. The first-order chi connectivity index (χ1) is 14.0. The predicted octanol–water partition coefficient (Wildman–Crippen LogP) is 6.23. The predicted molar refractivity (Wildman–Crippen MR) is 115 cm³/mol. The molecule has 1 fully saturated rings. The molecule has 4 heteroatoms. The van der Waals surface area contributed by atoms with Gasteiger partial charge in [-0.25, -0.2) is 4.39 Å². The van der Waals surface area contributed by atoms with E-state index in [-0.39, 0.29) is 17.6 Å². The van der Waals surface area contributed by atoms with Crippen molar-refractivity contribution in [1.29, 1.82) is 0 Å². The monoisotopic (exact) mass is 390 g/mol. The molecular weight excluding hydrogens is 363 g/mol. The van der Waals surface area contributed by atoms with Gasteiger partial charge in [0.25, 0.3) is 0 Å². The smallest absolute Gasteiger partial charge is 0.227 e. The number of fused-ring (bicyclic) bond motifs is 1. The van der Waals surface area contributed by atoms with Gasteiger partial charge in [-0.15, -0.1) is 0 Å². The number of hydrogen-bond donors (Lipinski definition) is 1. The molecular formula is C25H27FN2O. The number of benzene rings is 2. The third kappa shape index (κ3) is 4.31. The molecule has 1 saturated carbocycles. The summed E-state index contributed by atoms with van der Waals surface area (Å²) in [5.41, 5.74) is 4.06. The highest BCUT2D eigenvalue weighted by atomic mass is 19.1. The zero-order valence-corrected chi connectivity index (χ0v) is 17.0. The van der Waals surface area contributed by atoms with Gasteiger partial charge in [0.1, 0.15) is 5.82 Å².